The Morgan fingerprint density at radius 2 is 1.83 bits per heavy atom. The van der Waals surface area contributed by atoms with Crippen molar-refractivity contribution in [1.82, 2.24) is 0 Å². The molecule has 2 heteroatoms. The Bertz CT molecular complexity index is 371. The number of hydrogen-bond acceptors (Lipinski definition) is 2. The quantitative estimate of drug-likeness (QED) is 0.734. The lowest BCUT2D eigenvalue weighted by atomic mass is 9.98. The molecule has 0 aromatic heterocycles. The van der Waals surface area contributed by atoms with Gasteiger partial charge in [-0.3, -0.25) is 0 Å². The summed E-state index contributed by atoms with van der Waals surface area (Å²) in [5.41, 5.74) is 2.55. The minimum absolute atomic E-state index is 0.495. The molecule has 0 radical (unpaired) electrons. The van der Waals surface area contributed by atoms with Gasteiger partial charge >= 0.3 is 0 Å². The highest BCUT2D eigenvalue weighted by Crippen LogP contribution is 2.28. The van der Waals surface area contributed by atoms with Crippen LogP contribution < -0.4 is 4.74 Å². The van der Waals surface area contributed by atoms with Gasteiger partial charge in [-0.2, -0.15) is 12.6 Å². The van der Waals surface area contributed by atoms with Crippen molar-refractivity contribution >= 4 is 12.6 Å². The average Bonchev–Trinajstić information content (AvgIpc) is 2.29. The highest BCUT2D eigenvalue weighted by Gasteiger charge is 2.14. The molecule has 0 heterocycles. The zero-order valence-electron chi connectivity index (χ0n) is 12.2. The average molecular weight is 266 g/mol. The fourth-order valence-electron chi connectivity index (χ4n) is 1.90. The first-order valence-electron chi connectivity index (χ1n) is 6.79. The predicted molar refractivity (Wildman–Crippen MR) is 82.9 cm³/mol. The summed E-state index contributed by atoms with van der Waals surface area (Å²) in [4.78, 5) is 0. The Labute approximate surface area is 117 Å². The molecule has 0 aliphatic rings. The smallest absolute Gasteiger partial charge is 0.123 e. The molecule has 0 N–H and O–H groups in total. The van der Waals surface area contributed by atoms with Crippen LogP contribution >= 0.6 is 12.6 Å². The van der Waals surface area contributed by atoms with Crippen molar-refractivity contribution in [3.8, 4) is 5.75 Å². The summed E-state index contributed by atoms with van der Waals surface area (Å²) in [5.74, 6) is 3.52. The summed E-state index contributed by atoms with van der Waals surface area (Å²) in [5, 5.41) is 0. The van der Waals surface area contributed by atoms with E-state index in [1.165, 1.54) is 11.1 Å². The van der Waals surface area contributed by atoms with E-state index >= 15 is 0 Å². The lowest BCUT2D eigenvalue weighted by Gasteiger charge is -2.21. The van der Waals surface area contributed by atoms with Crippen LogP contribution in [0.3, 0.4) is 0 Å². The number of thiol groups is 1. The number of rotatable bonds is 6. The molecular weight excluding hydrogens is 240 g/mol. The van der Waals surface area contributed by atoms with Gasteiger partial charge in [0.15, 0.2) is 0 Å². The molecule has 0 aliphatic heterocycles. The third-order valence-corrected chi connectivity index (χ3v) is 3.89. The zero-order valence-corrected chi connectivity index (χ0v) is 13.1. The lowest BCUT2D eigenvalue weighted by Crippen LogP contribution is -2.20. The van der Waals surface area contributed by atoms with Gasteiger partial charge in [0.05, 0.1) is 6.61 Å². The van der Waals surface area contributed by atoms with Gasteiger partial charge in [-0.1, -0.05) is 39.8 Å². The van der Waals surface area contributed by atoms with Gasteiger partial charge in [-0.05, 0) is 41.7 Å². The molecule has 1 nitrogen and oxygen atoms in total. The first-order chi connectivity index (χ1) is 8.45. The normalized spacial score (nSPS) is 13.1. The largest absolute Gasteiger partial charge is 0.493 e. The molecule has 1 unspecified atom stereocenters. The summed E-state index contributed by atoms with van der Waals surface area (Å²) in [6.45, 7) is 11.7. The van der Waals surface area contributed by atoms with E-state index in [1.807, 2.05) is 0 Å². The van der Waals surface area contributed by atoms with Crippen molar-refractivity contribution < 1.29 is 4.74 Å². The second-order valence-electron chi connectivity index (χ2n) is 5.69. The van der Waals surface area contributed by atoms with Crippen LogP contribution in [0.2, 0.25) is 0 Å². The van der Waals surface area contributed by atoms with Gasteiger partial charge in [0.25, 0.3) is 0 Å². The van der Waals surface area contributed by atoms with Crippen LogP contribution in [0, 0.1) is 18.8 Å². The van der Waals surface area contributed by atoms with Crippen LogP contribution in [-0.2, 0) is 0 Å². The Morgan fingerprint density at radius 3 is 2.33 bits per heavy atom. The number of aryl methyl sites for hydroxylation is 1. The fraction of sp³-hybridized carbons (Fsp3) is 0.625. The Balaban J connectivity index is 2.79. The molecule has 0 saturated heterocycles. The van der Waals surface area contributed by atoms with Crippen LogP contribution in [0.4, 0.5) is 0 Å². The maximum atomic E-state index is 6.04. The SMILES string of the molecule is Cc1ccc(C(C)C)c(OCC(CS)C(C)C)c1. The van der Waals surface area contributed by atoms with E-state index in [-0.39, 0.29) is 0 Å². The molecule has 1 aromatic carbocycles. The van der Waals surface area contributed by atoms with E-state index in [0.717, 1.165) is 18.1 Å². The van der Waals surface area contributed by atoms with Crippen LogP contribution in [0.5, 0.6) is 5.75 Å². The minimum Gasteiger partial charge on any atom is -0.493 e. The van der Waals surface area contributed by atoms with Gasteiger partial charge in [0.1, 0.15) is 5.75 Å². The van der Waals surface area contributed by atoms with Gasteiger partial charge in [0.2, 0.25) is 0 Å². The summed E-state index contributed by atoms with van der Waals surface area (Å²) in [7, 11) is 0. The van der Waals surface area contributed by atoms with Gasteiger partial charge in [-0.15, -0.1) is 0 Å². The molecule has 0 amide bonds. The summed E-state index contributed by atoms with van der Waals surface area (Å²) in [6, 6.07) is 6.48. The third-order valence-electron chi connectivity index (χ3n) is 3.42. The van der Waals surface area contributed by atoms with Crippen LogP contribution in [-0.4, -0.2) is 12.4 Å². The van der Waals surface area contributed by atoms with Crippen LogP contribution in [0.15, 0.2) is 18.2 Å². The number of hydrogen-bond donors (Lipinski definition) is 1. The first-order valence-corrected chi connectivity index (χ1v) is 7.43. The molecule has 0 spiro atoms. The fourth-order valence-corrected chi connectivity index (χ4v) is 2.42. The monoisotopic (exact) mass is 266 g/mol. The van der Waals surface area contributed by atoms with E-state index in [2.05, 4.69) is 65.4 Å². The van der Waals surface area contributed by atoms with Crippen LogP contribution in [0.25, 0.3) is 0 Å². The van der Waals surface area contributed by atoms with Crippen molar-refractivity contribution in [3.05, 3.63) is 29.3 Å². The Kier molecular flexibility index (Phi) is 6.07. The third kappa shape index (κ3) is 4.24. The highest BCUT2D eigenvalue weighted by molar-refractivity contribution is 7.80. The van der Waals surface area contributed by atoms with E-state index in [0.29, 0.717) is 17.8 Å². The first kappa shape index (κ1) is 15.4. The second kappa shape index (κ2) is 7.08. The highest BCUT2D eigenvalue weighted by atomic mass is 32.1. The summed E-state index contributed by atoms with van der Waals surface area (Å²) >= 11 is 4.41. The molecular formula is C16H26OS. The molecule has 0 aliphatic carbocycles. The summed E-state index contributed by atoms with van der Waals surface area (Å²) in [6.07, 6.45) is 0. The topological polar surface area (TPSA) is 9.23 Å². The molecule has 1 aromatic rings. The van der Waals surface area contributed by atoms with Crippen molar-refractivity contribution in [2.75, 3.05) is 12.4 Å². The maximum absolute atomic E-state index is 6.04. The van der Waals surface area contributed by atoms with E-state index in [1.54, 1.807) is 0 Å². The van der Waals surface area contributed by atoms with Crippen molar-refractivity contribution in [2.45, 2.75) is 40.5 Å². The molecule has 1 rings (SSSR count). The lowest BCUT2D eigenvalue weighted by molar-refractivity contribution is 0.224. The second-order valence-corrected chi connectivity index (χ2v) is 6.06. The zero-order chi connectivity index (χ0) is 13.7. The van der Waals surface area contributed by atoms with E-state index in [4.69, 9.17) is 4.74 Å². The van der Waals surface area contributed by atoms with Gasteiger partial charge in [0, 0.05) is 5.92 Å². The molecule has 0 saturated carbocycles. The minimum atomic E-state index is 0.495. The van der Waals surface area contributed by atoms with Crippen molar-refractivity contribution in [3.63, 3.8) is 0 Å². The molecule has 102 valence electrons. The Morgan fingerprint density at radius 1 is 1.17 bits per heavy atom. The number of benzene rings is 1. The molecule has 0 fully saturated rings. The predicted octanol–water partition coefficient (Wildman–Crippen LogP) is 4.70. The molecule has 1 atom stereocenters. The molecule has 0 bridgehead atoms. The van der Waals surface area contributed by atoms with E-state index in [9.17, 15) is 0 Å². The number of ether oxygens (including phenoxy) is 1. The van der Waals surface area contributed by atoms with Crippen molar-refractivity contribution in [1.29, 1.82) is 0 Å². The maximum Gasteiger partial charge on any atom is 0.123 e. The van der Waals surface area contributed by atoms with Crippen LogP contribution in [0.1, 0.15) is 44.7 Å². The molecule has 18 heavy (non-hydrogen) atoms. The van der Waals surface area contributed by atoms with E-state index < -0.39 is 0 Å². The van der Waals surface area contributed by atoms with Gasteiger partial charge in [-0.25, -0.2) is 0 Å². The van der Waals surface area contributed by atoms with Crippen molar-refractivity contribution in [2.24, 2.45) is 11.8 Å². The Hall–Kier alpha value is -0.630. The van der Waals surface area contributed by atoms with Gasteiger partial charge < -0.3 is 4.74 Å². The standard InChI is InChI=1S/C16H26OS/c1-11(2)14(10-18)9-17-16-8-13(5)6-7-15(16)12(3)4/h6-8,11-12,14,18H,9-10H2,1-5H3. The summed E-state index contributed by atoms with van der Waals surface area (Å²) < 4.78 is 6.04.